The maximum absolute atomic E-state index is 12.7. The summed E-state index contributed by atoms with van der Waals surface area (Å²) in [7, 11) is -3.88. The molecule has 0 spiro atoms. The lowest BCUT2D eigenvalue weighted by molar-refractivity contribution is 0.0936. The van der Waals surface area contributed by atoms with Gasteiger partial charge in [0.25, 0.3) is 5.91 Å². The van der Waals surface area contributed by atoms with E-state index in [1.807, 2.05) is 0 Å². The molecule has 1 aromatic rings. The summed E-state index contributed by atoms with van der Waals surface area (Å²) in [5, 5.41) is 8.20. The summed E-state index contributed by atoms with van der Waals surface area (Å²) >= 11 is 0. The lowest BCUT2D eigenvalue weighted by Gasteiger charge is -2.24. The summed E-state index contributed by atoms with van der Waals surface area (Å²) in [5.74, 6) is 0.168. The molecule has 1 aromatic carbocycles. The molecule has 1 fully saturated rings. The second-order valence-electron chi connectivity index (χ2n) is 6.59. The van der Waals surface area contributed by atoms with E-state index >= 15 is 0 Å². The average molecular weight is 367 g/mol. The molecular formula is C17H25N3O4S. The molecule has 1 unspecified atom stereocenters. The number of amides is 1. The highest BCUT2D eigenvalue weighted by molar-refractivity contribution is 7.89. The summed E-state index contributed by atoms with van der Waals surface area (Å²) in [6.07, 6.45) is 3.65. The number of ether oxygens (including phenoxy) is 1. The fourth-order valence-electron chi connectivity index (χ4n) is 3.63. The smallest absolute Gasteiger partial charge is 0.255 e. The van der Waals surface area contributed by atoms with Gasteiger partial charge in [-0.25, -0.2) is 13.6 Å². The van der Waals surface area contributed by atoms with E-state index in [0.717, 1.165) is 37.9 Å². The number of carbonyl (C=O) groups is 1. The number of nitrogens with two attached hydrogens (primary N) is 1. The second-order valence-corrected chi connectivity index (χ2v) is 8.15. The minimum Gasteiger partial charge on any atom is -0.492 e. The van der Waals surface area contributed by atoms with E-state index in [-0.39, 0.29) is 16.4 Å². The fourth-order valence-corrected chi connectivity index (χ4v) is 4.22. The predicted octanol–water partition coefficient (Wildman–Crippen LogP) is 0.873. The van der Waals surface area contributed by atoms with Gasteiger partial charge in [-0.2, -0.15) is 0 Å². The standard InChI is InChI=1S/C17H25N3O4S/c1-2-20-7-3-6-13(20)11-19-17(21)15-10-14(25(18,22)23)9-12-5-4-8-24-16(12)15/h9-10,13H,2-8,11H2,1H3,(H,19,21)(H2,18,22,23). The first-order valence-corrected chi connectivity index (χ1v) is 10.3. The van der Waals surface area contributed by atoms with Crippen molar-refractivity contribution < 1.29 is 17.9 Å². The third kappa shape index (κ3) is 3.96. The third-order valence-corrected chi connectivity index (χ3v) is 5.85. The minimum atomic E-state index is -3.88. The van der Waals surface area contributed by atoms with Crippen LogP contribution in [0.4, 0.5) is 0 Å². The maximum atomic E-state index is 12.7. The van der Waals surface area contributed by atoms with Gasteiger partial charge in [-0.3, -0.25) is 9.69 Å². The normalized spacial score (nSPS) is 20.8. The molecule has 0 bridgehead atoms. The number of benzene rings is 1. The molecular weight excluding hydrogens is 342 g/mol. The maximum Gasteiger partial charge on any atom is 0.255 e. The van der Waals surface area contributed by atoms with Gasteiger partial charge < -0.3 is 10.1 Å². The van der Waals surface area contributed by atoms with Crippen LogP contribution in [-0.4, -0.2) is 51.5 Å². The molecule has 0 aliphatic carbocycles. The molecule has 1 atom stereocenters. The van der Waals surface area contributed by atoms with E-state index in [0.29, 0.717) is 31.4 Å². The zero-order valence-corrected chi connectivity index (χ0v) is 15.3. The molecule has 3 N–H and O–H groups in total. The Morgan fingerprint density at radius 2 is 2.20 bits per heavy atom. The van der Waals surface area contributed by atoms with Gasteiger partial charge in [-0.1, -0.05) is 6.92 Å². The Morgan fingerprint density at radius 3 is 2.92 bits per heavy atom. The largest absolute Gasteiger partial charge is 0.492 e. The Kier molecular flexibility index (Phi) is 5.31. The lowest BCUT2D eigenvalue weighted by Crippen LogP contribution is -2.40. The second kappa shape index (κ2) is 7.31. The highest BCUT2D eigenvalue weighted by Crippen LogP contribution is 2.32. The van der Waals surface area contributed by atoms with Crippen LogP contribution in [-0.2, 0) is 16.4 Å². The number of sulfonamides is 1. The van der Waals surface area contributed by atoms with Gasteiger partial charge in [0.1, 0.15) is 5.75 Å². The first-order valence-electron chi connectivity index (χ1n) is 8.75. The van der Waals surface area contributed by atoms with Crippen LogP contribution in [0, 0.1) is 0 Å². The van der Waals surface area contributed by atoms with E-state index in [1.54, 1.807) is 0 Å². The Bertz CT molecular complexity index is 763. The molecule has 138 valence electrons. The predicted molar refractivity (Wildman–Crippen MR) is 94.2 cm³/mol. The van der Waals surface area contributed by atoms with Crippen molar-refractivity contribution in [3.63, 3.8) is 0 Å². The molecule has 25 heavy (non-hydrogen) atoms. The monoisotopic (exact) mass is 367 g/mol. The average Bonchev–Trinajstić information content (AvgIpc) is 3.05. The number of nitrogens with zero attached hydrogens (tertiary/aromatic N) is 1. The molecule has 8 heteroatoms. The van der Waals surface area contributed by atoms with Crippen LogP contribution in [0.25, 0.3) is 0 Å². The highest BCUT2D eigenvalue weighted by atomic mass is 32.2. The highest BCUT2D eigenvalue weighted by Gasteiger charge is 2.26. The Balaban J connectivity index is 1.83. The van der Waals surface area contributed by atoms with Crippen LogP contribution < -0.4 is 15.2 Å². The molecule has 0 aromatic heterocycles. The third-order valence-electron chi connectivity index (χ3n) is 4.95. The number of nitrogens with one attached hydrogen (secondary N) is 1. The number of rotatable bonds is 5. The fraction of sp³-hybridized carbons (Fsp3) is 0.588. The topological polar surface area (TPSA) is 102 Å². The molecule has 2 aliphatic rings. The van der Waals surface area contributed by atoms with Crippen molar-refractivity contribution in [3.05, 3.63) is 23.3 Å². The number of hydrogen-bond acceptors (Lipinski definition) is 5. The number of aryl methyl sites for hydroxylation is 1. The molecule has 2 aliphatic heterocycles. The Hall–Kier alpha value is -1.64. The van der Waals surface area contributed by atoms with Gasteiger partial charge in [0.15, 0.2) is 0 Å². The zero-order valence-electron chi connectivity index (χ0n) is 14.5. The van der Waals surface area contributed by atoms with Crippen molar-refractivity contribution in [2.45, 2.75) is 43.5 Å². The van der Waals surface area contributed by atoms with Gasteiger partial charge in [-0.15, -0.1) is 0 Å². The van der Waals surface area contributed by atoms with Crippen molar-refractivity contribution in [2.24, 2.45) is 5.14 Å². The number of fused-ring (bicyclic) bond motifs is 1. The summed E-state index contributed by atoms with van der Waals surface area (Å²) in [4.78, 5) is 15.0. The number of carbonyl (C=O) groups excluding carboxylic acids is 1. The number of likely N-dealkylation sites (tertiary alicyclic amines) is 1. The summed E-state index contributed by atoms with van der Waals surface area (Å²) in [6.45, 7) is 5.19. The molecule has 0 radical (unpaired) electrons. The molecule has 1 amide bonds. The summed E-state index contributed by atoms with van der Waals surface area (Å²) in [6, 6.07) is 3.16. The van der Waals surface area contributed by atoms with E-state index in [1.165, 1.54) is 12.1 Å². The molecule has 1 saturated heterocycles. The van der Waals surface area contributed by atoms with Crippen LogP contribution in [0.2, 0.25) is 0 Å². The van der Waals surface area contributed by atoms with Gasteiger partial charge in [0.05, 0.1) is 17.1 Å². The Labute approximate surface area is 148 Å². The van der Waals surface area contributed by atoms with E-state index in [2.05, 4.69) is 17.1 Å². The molecule has 2 heterocycles. The molecule has 0 saturated carbocycles. The quantitative estimate of drug-likeness (QED) is 0.804. The molecule has 7 nitrogen and oxygen atoms in total. The van der Waals surface area contributed by atoms with Crippen molar-refractivity contribution >= 4 is 15.9 Å². The first kappa shape index (κ1) is 18.2. The van der Waals surface area contributed by atoms with Crippen molar-refractivity contribution in [1.82, 2.24) is 10.2 Å². The van der Waals surface area contributed by atoms with Gasteiger partial charge >= 0.3 is 0 Å². The van der Waals surface area contributed by atoms with Crippen molar-refractivity contribution in [2.75, 3.05) is 26.2 Å². The first-order chi connectivity index (χ1) is 11.9. The summed E-state index contributed by atoms with van der Waals surface area (Å²) < 4.78 is 29.1. The number of likely N-dealkylation sites (N-methyl/N-ethyl adjacent to an activating group) is 1. The van der Waals surface area contributed by atoms with E-state index in [9.17, 15) is 13.2 Å². The van der Waals surface area contributed by atoms with Crippen molar-refractivity contribution in [1.29, 1.82) is 0 Å². The molecule has 3 rings (SSSR count). The van der Waals surface area contributed by atoms with E-state index < -0.39 is 10.0 Å². The van der Waals surface area contributed by atoms with Gasteiger partial charge in [0.2, 0.25) is 10.0 Å². The van der Waals surface area contributed by atoms with E-state index in [4.69, 9.17) is 9.88 Å². The number of hydrogen-bond donors (Lipinski definition) is 2. The van der Waals surface area contributed by atoms with Crippen LogP contribution >= 0.6 is 0 Å². The summed E-state index contributed by atoms with van der Waals surface area (Å²) in [5.41, 5.74) is 0.973. The Morgan fingerprint density at radius 1 is 1.40 bits per heavy atom. The van der Waals surface area contributed by atoms with Gasteiger partial charge in [-0.05, 0) is 56.5 Å². The minimum absolute atomic E-state index is 0.0436. The number of primary sulfonamides is 1. The van der Waals surface area contributed by atoms with Crippen LogP contribution in [0.3, 0.4) is 0 Å². The zero-order chi connectivity index (χ0) is 18.0. The van der Waals surface area contributed by atoms with Gasteiger partial charge in [0, 0.05) is 12.6 Å². The van der Waals surface area contributed by atoms with Crippen molar-refractivity contribution in [3.8, 4) is 5.75 Å². The lowest BCUT2D eigenvalue weighted by atomic mass is 10.0. The van der Waals surface area contributed by atoms with Crippen LogP contribution in [0.15, 0.2) is 17.0 Å². The van der Waals surface area contributed by atoms with Crippen LogP contribution in [0.5, 0.6) is 5.75 Å². The SMILES string of the molecule is CCN1CCCC1CNC(=O)c1cc(S(N)(=O)=O)cc2c1OCCC2. The van der Waals surface area contributed by atoms with Crippen LogP contribution in [0.1, 0.15) is 42.1 Å².